The molecule has 1 N–H and O–H groups in total. The molecule has 0 atom stereocenters. The third-order valence-electron chi connectivity index (χ3n) is 4.37. The second-order valence-corrected chi connectivity index (χ2v) is 6.36. The molecule has 8 heteroatoms. The van der Waals surface area contributed by atoms with E-state index >= 15 is 0 Å². The highest BCUT2D eigenvalue weighted by atomic mass is 19.1. The summed E-state index contributed by atoms with van der Waals surface area (Å²) in [7, 11) is 0. The van der Waals surface area contributed by atoms with Crippen molar-refractivity contribution < 1.29 is 23.5 Å². The van der Waals surface area contributed by atoms with Gasteiger partial charge in [-0.2, -0.15) is 5.10 Å². The summed E-state index contributed by atoms with van der Waals surface area (Å²) in [5, 5.41) is 6.88. The van der Waals surface area contributed by atoms with Crippen LogP contribution in [0, 0.1) is 12.7 Å². The minimum Gasteiger partial charge on any atom is -0.491 e. The number of carbonyl (C=O) groups is 2. The maximum Gasteiger partial charge on any atom is 0.341 e. The maximum absolute atomic E-state index is 14.0. The van der Waals surface area contributed by atoms with Crippen LogP contribution >= 0.6 is 0 Å². The SMILES string of the molecule is CCOC(=O)c1cnn(-c2ccc(C(=O)Nc3ccc(OCC)c(F)c3)cc2)c1C. The molecule has 0 saturated heterocycles. The van der Waals surface area contributed by atoms with Crippen molar-refractivity contribution in [1.82, 2.24) is 9.78 Å². The predicted molar refractivity (Wildman–Crippen MR) is 110 cm³/mol. The van der Waals surface area contributed by atoms with Gasteiger partial charge in [0.2, 0.25) is 0 Å². The fourth-order valence-corrected chi connectivity index (χ4v) is 2.89. The Balaban J connectivity index is 1.74. The van der Waals surface area contributed by atoms with Gasteiger partial charge in [0, 0.05) is 17.3 Å². The van der Waals surface area contributed by atoms with E-state index in [-0.39, 0.29) is 18.3 Å². The van der Waals surface area contributed by atoms with Crippen LogP contribution in [0.25, 0.3) is 5.69 Å². The third kappa shape index (κ3) is 4.48. The van der Waals surface area contributed by atoms with E-state index in [1.807, 2.05) is 0 Å². The van der Waals surface area contributed by atoms with E-state index in [2.05, 4.69) is 10.4 Å². The van der Waals surface area contributed by atoms with Crippen LogP contribution in [-0.2, 0) is 4.74 Å². The molecule has 0 unspecified atom stereocenters. The molecule has 7 nitrogen and oxygen atoms in total. The summed E-state index contributed by atoms with van der Waals surface area (Å²) in [6.45, 7) is 5.90. The van der Waals surface area contributed by atoms with Gasteiger partial charge in [-0.25, -0.2) is 13.9 Å². The Bertz CT molecular complexity index is 1060. The lowest BCUT2D eigenvalue weighted by atomic mass is 10.1. The minimum absolute atomic E-state index is 0.136. The number of anilines is 1. The number of hydrogen-bond donors (Lipinski definition) is 1. The lowest BCUT2D eigenvalue weighted by molar-refractivity contribution is 0.0525. The highest BCUT2D eigenvalue weighted by molar-refractivity contribution is 6.04. The zero-order valence-corrected chi connectivity index (χ0v) is 16.9. The van der Waals surface area contributed by atoms with Crippen molar-refractivity contribution in [2.75, 3.05) is 18.5 Å². The van der Waals surface area contributed by atoms with Crippen LogP contribution < -0.4 is 10.1 Å². The molecule has 2 aromatic carbocycles. The van der Waals surface area contributed by atoms with Gasteiger partial charge in [0.1, 0.15) is 5.56 Å². The number of rotatable bonds is 7. The highest BCUT2D eigenvalue weighted by Crippen LogP contribution is 2.22. The average Bonchev–Trinajstić information content (AvgIpc) is 3.12. The van der Waals surface area contributed by atoms with Crippen LogP contribution in [0.5, 0.6) is 5.75 Å². The topological polar surface area (TPSA) is 82.5 Å². The molecule has 1 aromatic heterocycles. The molecule has 3 rings (SSSR count). The molecule has 0 fully saturated rings. The van der Waals surface area contributed by atoms with E-state index in [0.717, 1.165) is 0 Å². The van der Waals surface area contributed by atoms with Crippen molar-refractivity contribution in [3.05, 3.63) is 71.3 Å². The Morgan fingerprint density at radius 2 is 1.83 bits per heavy atom. The molecule has 0 radical (unpaired) electrons. The molecule has 0 aliphatic rings. The van der Waals surface area contributed by atoms with Gasteiger partial charge < -0.3 is 14.8 Å². The number of benzene rings is 2. The monoisotopic (exact) mass is 411 g/mol. The molecule has 0 bridgehead atoms. The van der Waals surface area contributed by atoms with E-state index in [1.165, 1.54) is 18.3 Å². The van der Waals surface area contributed by atoms with Gasteiger partial charge in [0.15, 0.2) is 11.6 Å². The van der Waals surface area contributed by atoms with Gasteiger partial charge in [0.05, 0.1) is 30.8 Å². The Hall–Kier alpha value is -3.68. The number of hydrogen-bond acceptors (Lipinski definition) is 5. The summed E-state index contributed by atoms with van der Waals surface area (Å²) in [4.78, 5) is 24.4. The van der Waals surface area contributed by atoms with E-state index in [4.69, 9.17) is 9.47 Å². The van der Waals surface area contributed by atoms with Crippen molar-refractivity contribution in [3.8, 4) is 11.4 Å². The van der Waals surface area contributed by atoms with Gasteiger partial charge >= 0.3 is 5.97 Å². The smallest absolute Gasteiger partial charge is 0.341 e. The summed E-state index contributed by atoms with van der Waals surface area (Å²) >= 11 is 0. The van der Waals surface area contributed by atoms with Crippen LogP contribution in [0.3, 0.4) is 0 Å². The van der Waals surface area contributed by atoms with E-state index in [1.54, 1.807) is 55.8 Å². The summed E-state index contributed by atoms with van der Waals surface area (Å²) in [6.07, 6.45) is 1.45. The maximum atomic E-state index is 14.0. The first-order valence-electron chi connectivity index (χ1n) is 9.50. The van der Waals surface area contributed by atoms with E-state index in [0.29, 0.717) is 34.8 Å². The number of halogens is 1. The third-order valence-corrected chi connectivity index (χ3v) is 4.37. The van der Waals surface area contributed by atoms with Crippen molar-refractivity contribution in [1.29, 1.82) is 0 Å². The van der Waals surface area contributed by atoms with Crippen molar-refractivity contribution >= 4 is 17.6 Å². The molecule has 0 aliphatic heterocycles. The quantitative estimate of drug-likeness (QED) is 0.591. The first-order chi connectivity index (χ1) is 14.4. The van der Waals surface area contributed by atoms with Gasteiger partial charge in [-0.15, -0.1) is 0 Å². The largest absolute Gasteiger partial charge is 0.491 e. The number of carbonyl (C=O) groups excluding carboxylic acids is 2. The van der Waals surface area contributed by atoms with E-state index < -0.39 is 11.8 Å². The molecule has 156 valence electrons. The van der Waals surface area contributed by atoms with Gasteiger partial charge in [-0.3, -0.25) is 4.79 Å². The zero-order chi connectivity index (χ0) is 21.7. The number of esters is 1. The Morgan fingerprint density at radius 3 is 2.47 bits per heavy atom. The standard InChI is InChI=1S/C22H22FN3O4/c1-4-29-20-11-8-16(12-19(20)23)25-21(27)15-6-9-17(10-7-15)26-14(3)18(13-24-26)22(28)30-5-2/h6-13H,4-5H2,1-3H3,(H,25,27). The number of nitrogens with zero attached hydrogens (tertiary/aromatic N) is 2. The Kier molecular flexibility index (Phi) is 6.46. The number of amides is 1. The van der Waals surface area contributed by atoms with Crippen LogP contribution in [0.15, 0.2) is 48.7 Å². The summed E-state index contributed by atoms with van der Waals surface area (Å²) < 4.78 is 25.7. The molecule has 0 aliphatic carbocycles. The normalized spacial score (nSPS) is 10.5. The van der Waals surface area contributed by atoms with Crippen LogP contribution in [0.4, 0.5) is 10.1 Å². The molecule has 1 heterocycles. The first kappa shape index (κ1) is 21.0. The molecule has 0 spiro atoms. The lowest BCUT2D eigenvalue weighted by Gasteiger charge is -2.09. The molecule has 30 heavy (non-hydrogen) atoms. The van der Waals surface area contributed by atoms with Crippen molar-refractivity contribution in [3.63, 3.8) is 0 Å². The first-order valence-corrected chi connectivity index (χ1v) is 9.50. The van der Waals surface area contributed by atoms with Gasteiger partial charge in [-0.05, 0) is 57.2 Å². The fraction of sp³-hybridized carbons (Fsp3) is 0.227. The van der Waals surface area contributed by atoms with Crippen LogP contribution in [0.1, 0.15) is 40.3 Å². The van der Waals surface area contributed by atoms with Crippen LogP contribution in [-0.4, -0.2) is 34.9 Å². The molecule has 0 saturated carbocycles. The predicted octanol–water partition coefficient (Wildman–Crippen LogP) is 4.15. The molecule has 1 amide bonds. The second-order valence-electron chi connectivity index (χ2n) is 6.36. The van der Waals surface area contributed by atoms with Crippen LogP contribution in [0.2, 0.25) is 0 Å². The number of ether oxygens (including phenoxy) is 2. The number of aromatic nitrogens is 2. The summed E-state index contributed by atoms with van der Waals surface area (Å²) in [5.74, 6) is -1.22. The van der Waals surface area contributed by atoms with Gasteiger partial charge in [-0.1, -0.05) is 0 Å². The molecular weight excluding hydrogens is 389 g/mol. The Labute approximate surface area is 173 Å². The molecular formula is C22H22FN3O4. The van der Waals surface area contributed by atoms with E-state index in [9.17, 15) is 14.0 Å². The fourth-order valence-electron chi connectivity index (χ4n) is 2.89. The summed E-state index contributed by atoms with van der Waals surface area (Å²) in [5.41, 5.74) is 2.42. The minimum atomic E-state index is -0.545. The summed E-state index contributed by atoms with van der Waals surface area (Å²) in [6, 6.07) is 10.9. The van der Waals surface area contributed by atoms with Crippen molar-refractivity contribution in [2.24, 2.45) is 0 Å². The highest BCUT2D eigenvalue weighted by Gasteiger charge is 2.16. The number of nitrogens with one attached hydrogen (secondary N) is 1. The Morgan fingerprint density at radius 1 is 1.10 bits per heavy atom. The van der Waals surface area contributed by atoms with Crippen molar-refractivity contribution in [2.45, 2.75) is 20.8 Å². The molecule has 3 aromatic rings. The zero-order valence-electron chi connectivity index (χ0n) is 16.9. The second kappa shape index (κ2) is 9.21. The lowest BCUT2D eigenvalue weighted by Crippen LogP contribution is -2.12. The van der Waals surface area contributed by atoms with Gasteiger partial charge in [0.25, 0.3) is 5.91 Å². The average molecular weight is 411 g/mol.